The van der Waals surface area contributed by atoms with Crippen LogP contribution in [0.2, 0.25) is 4.34 Å². The lowest BCUT2D eigenvalue weighted by atomic mass is 10.2. The molecule has 1 amide bonds. The number of hydrogen-bond donors (Lipinski definition) is 1. The standard InChI is InChI=1S/C13H14ClN3OS2/c1-8-6-15-4-5-17(8)13(18)9-7-19-12(16-9)10-2-3-11(14)20-10/h2-3,7-8,15H,4-6H2,1H3/t8-/m1/s1. The van der Waals surface area contributed by atoms with Gasteiger partial charge in [0.25, 0.3) is 5.91 Å². The molecule has 0 bridgehead atoms. The highest BCUT2D eigenvalue weighted by Crippen LogP contribution is 2.33. The van der Waals surface area contributed by atoms with E-state index in [0.29, 0.717) is 5.69 Å². The SMILES string of the molecule is C[C@@H]1CNCCN1C(=O)c1csc(-c2ccc(Cl)s2)n1. The zero-order chi connectivity index (χ0) is 14.1. The molecule has 3 rings (SSSR count). The predicted octanol–water partition coefficient (Wildman–Crippen LogP) is 2.96. The summed E-state index contributed by atoms with van der Waals surface area (Å²) in [6, 6.07) is 3.99. The van der Waals surface area contributed by atoms with Crippen LogP contribution in [-0.4, -0.2) is 41.5 Å². The van der Waals surface area contributed by atoms with Gasteiger partial charge in [0.15, 0.2) is 0 Å². The monoisotopic (exact) mass is 327 g/mol. The fourth-order valence-corrected chi connectivity index (χ4v) is 4.11. The smallest absolute Gasteiger partial charge is 0.273 e. The summed E-state index contributed by atoms with van der Waals surface area (Å²) >= 11 is 8.90. The van der Waals surface area contributed by atoms with Gasteiger partial charge in [0.2, 0.25) is 0 Å². The van der Waals surface area contributed by atoms with Crippen LogP contribution >= 0.6 is 34.3 Å². The average Bonchev–Trinajstić information content (AvgIpc) is 3.07. The van der Waals surface area contributed by atoms with Gasteiger partial charge in [-0.25, -0.2) is 4.98 Å². The van der Waals surface area contributed by atoms with Crippen LogP contribution in [0.15, 0.2) is 17.5 Å². The van der Waals surface area contributed by atoms with Gasteiger partial charge in [0, 0.05) is 31.1 Å². The normalized spacial score (nSPS) is 19.3. The lowest BCUT2D eigenvalue weighted by Gasteiger charge is -2.33. The second-order valence-electron chi connectivity index (χ2n) is 4.69. The number of carbonyl (C=O) groups is 1. The van der Waals surface area contributed by atoms with Gasteiger partial charge in [-0.3, -0.25) is 4.79 Å². The van der Waals surface area contributed by atoms with Crippen molar-refractivity contribution in [2.45, 2.75) is 13.0 Å². The van der Waals surface area contributed by atoms with E-state index in [1.165, 1.54) is 22.7 Å². The molecule has 2 aromatic heterocycles. The first-order valence-electron chi connectivity index (χ1n) is 6.38. The first-order valence-corrected chi connectivity index (χ1v) is 8.45. The summed E-state index contributed by atoms with van der Waals surface area (Å²) in [4.78, 5) is 19.8. The topological polar surface area (TPSA) is 45.2 Å². The van der Waals surface area contributed by atoms with Crippen molar-refractivity contribution in [3.63, 3.8) is 0 Å². The summed E-state index contributed by atoms with van der Waals surface area (Å²) in [6.45, 7) is 4.46. The lowest BCUT2D eigenvalue weighted by Crippen LogP contribution is -2.52. The van der Waals surface area contributed by atoms with Gasteiger partial charge in [-0.05, 0) is 19.1 Å². The molecule has 0 aromatic carbocycles. The molecule has 20 heavy (non-hydrogen) atoms. The maximum Gasteiger partial charge on any atom is 0.273 e. The van der Waals surface area contributed by atoms with Crippen LogP contribution in [0.3, 0.4) is 0 Å². The maximum absolute atomic E-state index is 12.5. The van der Waals surface area contributed by atoms with Gasteiger partial charge >= 0.3 is 0 Å². The van der Waals surface area contributed by atoms with Gasteiger partial charge in [-0.1, -0.05) is 11.6 Å². The van der Waals surface area contributed by atoms with Crippen LogP contribution in [0.5, 0.6) is 0 Å². The lowest BCUT2D eigenvalue weighted by molar-refractivity contribution is 0.0650. The van der Waals surface area contributed by atoms with Gasteiger partial charge in [0.1, 0.15) is 10.7 Å². The fourth-order valence-electron chi connectivity index (χ4n) is 2.20. The van der Waals surface area contributed by atoms with Crippen molar-refractivity contribution in [1.82, 2.24) is 15.2 Å². The summed E-state index contributed by atoms with van der Waals surface area (Å²) in [5, 5.41) is 5.97. The zero-order valence-corrected chi connectivity index (χ0v) is 13.3. The molecule has 7 heteroatoms. The highest BCUT2D eigenvalue weighted by atomic mass is 35.5. The van der Waals surface area contributed by atoms with E-state index in [4.69, 9.17) is 11.6 Å². The van der Waals surface area contributed by atoms with Crippen molar-refractivity contribution in [3.8, 4) is 9.88 Å². The molecule has 1 atom stereocenters. The minimum atomic E-state index is 0.0177. The number of nitrogens with zero attached hydrogens (tertiary/aromatic N) is 2. The molecule has 0 aliphatic carbocycles. The minimum Gasteiger partial charge on any atom is -0.332 e. The second-order valence-corrected chi connectivity index (χ2v) is 7.27. The highest BCUT2D eigenvalue weighted by Gasteiger charge is 2.25. The summed E-state index contributed by atoms with van der Waals surface area (Å²) in [5.74, 6) is 0.0177. The quantitative estimate of drug-likeness (QED) is 0.922. The van der Waals surface area contributed by atoms with Crippen molar-refractivity contribution in [3.05, 3.63) is 27.5 Å². The van der Waals surface area contributed by atoms with Crippen molar-refractivity contribution < 1.29 is 4.79 Å². The Hall–Kier alpha value is -0.950. The molecule has 1 fully saturated rings. The summed E-state index contributed by atoms with van der Waals surface area (Å²) in [5.41, 5.74) is 0.531. The Balaban J connectivity index is 1.81. The van der Waals surface area contributed by atoms with Gasteiger partial charge < -0.3 is 10.2 Å². The van der Waals surface area contributed by atoms with Crippen LogP contribution < -0.4 is 5.32 Å². The molecular weight excluding hydrogens is 314 g/mol. The molecule has 4 nitrogen and oxygen atoms in total. The number of carbonyl (C=O) groups excluding carboxylic acids is 1. The van der Waals surface area contributed by atoms with Crippen LogP contribution in [0.25, 0.3) is 9.88 Å². The third kappa shape index (κ3) is 2.74. The molecule has 1 aliphatic rings. The number of thiophene rings is 1. The Labute approximate surface area is 130 Å². The van der Waals surface area contributed by atoms with Gasteiger partial charge in [0.05, 0.1) is 9.21 Å². The van der Waals surface area contributed by atoms with Crippen molar-refractivity contribution in [2.24, 2.45) is 0 Å². The molecule has 0 unspecified atom stereocenters. The number of hydrogen-bond acceptors (Lipinski definition) is 5. The minimum absolute atomic E-state index is 0.0177. The Morgan fingerprint density at radius 1 is 1.55 bits per heavy atom. The zero-order valence-electron chi connectivity index (χ0n) is 10.9. The third-order valence-electron chi connectivity index (χ3n) is 3.27. The molecule has 3 heterocycles. The molecular formula is C13H14ClN3OS2. The summed E-state index contributed by atoms with van der Waals surface area (Å²) in [6.07, 6.45) is 0. The van der Waals surface area contributed by atoms with Crippen LogP contribution in [-0.2, 0) is 0 Å². The molecule has 2 aromatic rings. The summed E-state index contributed by atoms with van der Waals surface area (Å²) < 4.78 is 0.735. The van der Waals surface area contributed by atoms with Crippen LogP contribution in [0, 0.1) is 0 Å². The van der Waals surface area contributed by atoms with Gasteiger partial charge in [-0.2, -0.15) is 0 Å². The number of nitrogens with one attached hydrogen (secondary N) is 1. The maximum atomic E-state index is 12.5. The molecule has 106 valence electrons. The molecule has 1 N–H and O–H groups in total. The summed E-state index contributed by atoms with van der Waals surface area (Å²) in [7, 11) is 0. The third-order valence-corrected chi connectivity index (χ3v) is 5.51. The van der Waals surface area contributed by atoms with Crippen LogP contribution in [0.4, 0.5) is 0 Å². The first kappa shape index (κ1) is 14.0. The number of halogens is 1. The Kier molecular flexibility index (Phi) is 4.07. The predicted molar refractivity (Wildman–Crippen MR) is 83.8 cm³/mol. The highest BCUT2D eigenvalue weighted by molar-refractivity contribution is 7.23. The Bertz CT molecular complexity index is 625. The van der Waals surface area contributed by atoms with Crippen molar-refractivity contribution in [2.75, 3.05) is 19.6 Å². The largest absolute Gasteiger partial charge is 0.332 e. The fraction of sp³-hybridized carbons (Fsp3) is 0.385. The number of thiazole rings is 1. The number of amides is 1. The molecule has 0 spiro atoms. The van der Waals surface area contributed by atoms with Gasteiger partial charge in [-0.15, -0.1) is 22.7 Å². The van der Waals surface area contributed by atoms with Crippen LogP contribution in [0.1, 0.15) is 17.4 Å². The number of aromatic nitrogens is 1. The van der Waals surface area contributed by atoms with E-state index in [1.807, 2.05) is 22.4 Å². The van der Waals surface area contributed by atoms with E-state index >= 15 is 0 Å². The molecule has 0 radical (unpaired) electrons. The van der Waals surface area contributed by atoms with Crippen molar-refractivity contribution >= 4 is 40.2 Å². The molecule has 1 saturated heterocycles. The first-order chi connectivity index (χ1) is 9.65. The van der Waals surface area contributed by atoms with E-state index in [9.17, 15) is 4.79 Å². The second kappa shape index (κ2) is 5.81. The average molecular weight is 328 g/mol. The van der Waals surface area contributed by atoms with E-state index in [1.54, 1.807) is 0 Å². The van der Waals surface area contributed by atoms with E-state index in [0.717, 1.165) is 33.9 Å². The molecule has 1 aliphatic heterocycles. The van der Waals surface area contributed by atoms with E-state index < -0.39 is 0 Å². The van der Waals surface area contributed by atoms with Crippen molar-refractivity contribution in [1.29, 1.82) is 0 Å². The number of piperazine rings is 1. The molecule has 0 saturated carbocycles. The number of rotatable bonds is 2. The Morgan fingerprint density at radius 3 is 3.10 bits per heavy atom. The Morgan fingerprint density at radius 2 is 2.40 bits per heavy atom. The van der Waals surface area contributed by atoms with E-state index in [2.05, 4.69) is 17.2 Å². The van der Waals surface area contributed by atoms with E-state index in [-0.39, 0.29) is 11.9 Å².